The van der Waals surface area contributed by atoms with Crippen LogP contribution in [-0.4, -0.2) is 30.9 Å². The summed E-state index contributed by atoms with van der Waals surface area (Å²) in [5, 5.41) is 11.2. The summed E-state index contributed by atoms with van der Waals surface area (Å²) in [6.45, 7) is 1.76. The molecule has 1 aromatic carbocycles. The van der Waals surface area contributed by atoms with Crippen LogP contribution in [0.4, 0.5) is 5.69 Å². The molecule has 0 radical (unpaired) electrons. The number of hydrogen-bond donors (Lipinski definition) is 2. The zero-order valence-corrected chi connectivity index (χ0v) is 13.2. The van der Waals surface area contributed by atoms with Crippen LogP contribution in [0.1, 0.15) is 6.92 Å². The van der Waals surface area contributed by atoms with Crippen molar-refractivity contribution in [1.82, 2.24) is 9.71 Å². The van der Waals surface area contributed by atoms with Crippen molar-refractivity contribution < 1.29 is 13.3 Å². The molecular weight excluding hydrogens is 332 g/mol. The molecule has 0 aliphatic rings. The minimum atomic E-state index is -3.86. The summed E-state index contributed by atoms with van der Waals surface area (Å²) in [6, 6.07) is 4.86. The molecule has 1 heterocycles. The number of nitro benzene ring substituents is 1. The van der Waals surface area contributed by atoms with E-state index in [0.29, 0.717) is 0 Å². The van der Waals surface area contributed by atoms with Crippen molar-refractivity contribution >= 4 is 39.0 Å². The van der Waals surface area contributed by atoms with Gasteiger partial charge in [-0.3, -0.25) is 15.1 Å². The molecule has 0 spiro atoms. The second-order valence-electron chi connectivity index (χ2n) is 4.50. The quantitative estimate of drug-likeness (QED) is 0.618. The second-order valence-corrected chi connectivity index (χ2v) is 6.18. The van der Waals surface area contributed by atoms with Gasteiger partial charge in [0.25, 0.3) is 5.69 Å². The predicted octanol–water partition coefficient (Wildman–Crippen LogP) is 1.19. The number of sulfonamides is 1. The summed E-state index contributed by atoms with van der Waals surface area (Å²) < 4.78 is 27.0. The van der Waals surface area contributed by atoms with Crippen LogP contribution < -0.4 is 10.5 Å². The average molecular weight is 347 g/mol. The maximum atomic E-state index is 12.3. The number of pyridine rings is 1. The number of nitrogens with one attached hydrogen (secondary N) is 1. The molecule has 0 fully saturated rings. The lowest BCUT2D eigenvalue weighted by Gasteiger charge is -2.13. The Hall–Kier alpha value is -1.81. The SMILES string of the molecule is C[C@@H](CN)NS(=O)(=O)c1ccc([N+](=O)[O-])c2cccnc12.Cl. The monoisotopic (exact) mass is 346 g/mol. The number of nitrogens with zero attached hydrogens (tertiary/aromatic N) is 2. The molecule has 2 rings (SSSR count). The normalized spacial score (nSPS) is 12.6. The molecule has 22 heavy (non-hydrogen) atoms. The van der Waals surface area contributed by atoms with Gasteiger partial charge in [0, 0.05) is 24.8 Å². The first kappa shape index (κ1) is 18.2. The van der Waals surface area contributed by atoms with Gasteiger partial charge in [0.15, 0.2) is 0 Å². The Morgan fingerprint density at radius 2 is 2.09 bits per heavy atom. The van der Waals surface area contributed by atoms with Gasteiger partial charge in [-0.15, -0.1) is 12.4 Å². The summed E-state index contributed by atoms with van der Waals surface area (Å²) in [4.78, 5) is 14.3. The summed E-state index contributed by atoms with van der Waals surface area (Å²) in [6.07, 6.45) is 1.39. The van der Waals surface area contributed by atoms with E-state index in [-0.39, 0.29) is 40.4 Å². The number of fused-ring (bicyclic) bond motifs is 1. The molecule has 0 saturated heterocycles. The van der Waals surface area contributed by atoms with Crippen molar-refractivity contribution in [3.8, 4) is 0 Å². The standard InChI is InChI=1S/C12H14N4O4S.ClH/c1-8(7-13)15-21(19,20)11-5-4-10(16(17)18)9-3-2-6-14-12(9)11;/h2-6,8,15H,7,13H2,1H3;1H/t8-;/m0./s1. The predicted molar refractivity (Wildman–Crippen MR) is 84.5 cm³/mol. The molecule has 0 unspecified atom stereocenters. The Balaban J connectivity index is 0.00000242. The molecule has 10 heteroatoms. The van der Waals surface area contributed by atoms with Gasteiger partial charge in [-0.2, -0.15) is 0 Å². The summed E-state index contributed by atoms with van der Waals surface area (Å²) in [7, 11) is -3.86. The minimum absolute atomic E-state index is 0. The van der Waals surface area contributed by atoms with Crippen molar-refractivity contribution in [2.75, 3.05) is 6.54 Å². The van der Waals surface area contributed by atoms with Gasteiger partial charge in [0.2, 0.25) is 10.0 Å². The van der Waals surface area contributed by atoms with Gasteiger partial charge in [-0.1, -0.05) is 0 Å². The first-order valence-electron chi connectivity index (χ1n) is 6.11. The molecule has 0 amide bonds. The number of rotatable bonds is 5. The van der Waals surface area contributed by atoms with Crippen molar-refractivity contribution in [3.05, 3.63) is 40.6 Å². The Morgan fingerprint density at radius 1 is 1.41 bits per heavy atom. The number of nitrogens with two attached hydrogens (primary N) is 1. The summed E-state index contributed by atoms with van der Waals surface area (Å²) >= 11 is 0. The van der Waals surface area contributed by atoms with Crippen LogP contribution in [0.25, 0.3) is 10.9 Å². The van der Waals surface area contributed by atoms with Crippen molar-refractivity contribution in [2.24, 2.45) is 5.73 Å². The van der Waals surface area contributed by atoms with Gasteiger partial charge < -0.3 is 5.73 Å². The van der Waals surface area contributed by atoms with Gasteiger partial charge in [-0.25, -0.2) is 13.1 Å². The van der Waals surface area contributed by atoms with E-state index in [2.05, 4.69) is 9.71 Å². The third kappa shape index (κ3) is 3.50. The summed E-state index contributed by atoms with van der Waals surface area (Å²) in [5.41, 5.74) is 5.27. The highest BCUT2D eigenvalue weighted by molar-refractivity contribution is 7.89. The Bertz CT molecular complexity index is 797. The van der Waals surface area contributed by atoms with E-state index in [9.17, 15) is 18.5 Å². The second kappa shape index (κ2) is 6.97. The molecular formula is C12H15ClN4O4S. The van der Waals surface area contributed by atoms with Gasteiger partial charge in [-0.05, 0) is 25.1 Å². The lowest BCUT2D eigenvalue weighted by molar-refractivity contribution is -0.383. The Labute approximate surface area is 133 Å². The molecule has 0 bridgehead atoms. The molecule has 1 aromatic heterocycles. The minimum Gasteiger partial charge on any atom is -0.329 e. The number of aromatic nitrogens is 1. The van der Waals surface area contributed by atoms with Crippen LogP contribution >= 0.6 is 12.4 Å². The lowest BCUT2D eigenvalue weighted by Crippen LogP contribution is -2.37. The topological polar surface area (TPSA) is 128 Å². The molecule has 2 aromatic rings. The third-order valence-electron chi connectivity index (χ3n) is 2.91. The van der Waals surface area contributed by atoms with Crippen LogP contribution in [0, 0.1) is 10.1 Å². The van der Waals surface area contributed by atoms with Crippen molar-refractivity contribution in [1.29, 1.82) is 0 Å². The highest BCUT2D eigenvalue weighted by Gasteiger charge is 2.24. The molecule has 0 aliphatic heterocycles. The number of hydrogen-bond acceptors (Lipinski definition) is 6. The van der Waals surface area contributed by atoms with Crippen LogP contribution in [0.15, 0.2) is 35.4 Å². The van der Waals surface area contributed by atoms with Crippen molar-refractivity contribution in [3.63, 3.8) is 0 Å². The van der Waals surface area contributed by atoms with E-state index >= 15 is 0 Å². The number of halogens is 1. The van der Waals surface area contributed by atoms with E-state index < -0.39 is 21.0 Å². The first-order valence-corrected chi connectivity index (χ1v) is 7.59. The Morgan fingerprint density at radius 3 is 2.68 bits per heavy atom. The molecule has 3 N–H and O–H groups in total. The smallest absolute Gasteiger partial charge is 0.278 e. The van der Waals surface area contributed by atoms with E-state index in [1.54, 1.807) is 6.92 Å². The van der Waals surface area contributed by atoms with Gasteiger partial charge in [0.1, 0.15) is 4.90 Å². The molecule has 1 atom stereocenters. The zero-order chi connectivity index (χ0) is 15.6. The molecule has 120 valence electrons. The fourth-order valence-electron chi connectivity index (χ4n) is 1.88. The van der Waals surface area contributed by atoms with Gasteiger partial charge >= 0.3 is 0 Å². The maximum absolute atomic E-state index is 12.3. The fraction of sp³-hybridized carbons (Fsp3) is 0.250. The number of benzene rings is 1. The highest BCUT2D eigenvalue weighted by atomic mass is 35.5. The Kier molecular flexibility index (Phi) is 5.78. The number of non-ortho nitro benzene ring substituents is 1. The zero-order valence-electron chi connectivity index (χ0n) is 11.6. The average Bonchev–Trinajstić information content (AvgIpc) is 2.45. The largest absolute Gasteiger partial charge is 0.329 e. The van der Waals surface area contributed by atoms with E-state index in [1.165, 1.54) is 24.4 Å². The van der Waals surface area contributed by atoms with Crippen LogP contribution in [0.5, 0.6) is 0 Å². The summed E-state index contributed by atoms with van der Waals surface area (Å²) in [5.74, 6) is 0. The molecule has 0 saturated carbocycles. The van der Waals surface area contributed by atoms with Crippen LogP contribution in [0.2, 0.25) is 0 Å². The van der Waals surface area contributed by atoms with Gasteiger partial charge in [0.05, 0.1) is 15.8 Å². The molecule has 8 nitrogen and oxygen atoms in total. The van der Waals surface area contributed by atoms with Crippen LogP contribution in [-0.2, 0) is 10.0 Å². The van der Waals surface area contributed by atoms with Crippen LogP contribution in [0.3, 0.4) is 0 Å². The third-order valence-corrected chi connectivity index (χ3v) is 4.53. The van der Waals surface area contributed by atoms with E-state index in [1.807, 2.05) is 0 Å². The first-order chi connectivity index (χ1) is 9.86. The number of nitro groups is 1. The lowest BCUT2D eigenvalue weighted by atomic mass is 10.2. The highest BCUT2D eigenvalue weighted by Crippen LogP contribution is 2.29. The van der Waals surface area contributed by atoms with E-state index in [4.69, 9.17) is 5.73 Å². The molecule has 0 aliphatic carbocycles. The van der Waals surface area contributed by atoms with E-state index in [0.717, 1.165) is 6.07 Å². The maximum Gasteiger partial charge on any atom is 0.278 e. The fourth-order valence-corrected chi connectivity index (χ4v) is 3.30. The van der Waals surface area contributed by atoms with Crippen molar-refractivity contribution in [2.45, 2.75) is 17.9 Å².